The monoisotopic (exact) mass is 279 g/mol. The number of alkyl halides is 1. The van der Waals surface area contributed by atoms with Crippen molar-refractivity contribution >= 4 is 21.6 Å². The number of halogens is 1. The van der Waals surface area contributed by atoms with Crippen LogP contribution in [-0.4, -0.2) is 30.8 Å². The van der Waals surface area contributed by atoms with Crippen molar-refractivity contribution in [3.63, 3.8) is 0 Å². The Balaban J connectivity index is 2.45. The predicted molar refractivity (Wildman–Crippen MR) is 67.7 cm³/mol. The van der Waals surface area contributed by atoms with Gasteiger partial charge in [0.25, 0.3) is 10.0 Å². The van der Waals surface area contributed by atoms with Crippen LogP contribution in [0.4, 0.5) is 0 Å². The molecular weight excluding hydrogens is 262 g/mol. The average Bonchev–Trinajstić information content (AvgIpc) is 2.78. The number of H-pyrrole nitrogens is 1. The highest BCUT2D eigenvalue weighted by Crippen LogP contribution is 2.06. The summed E-state index contributed by atoms with van der Waals surface area (Å²) in [7, 11) is -3.44. The minimum absolute atomic E-state index is 0.131. The van der Waals surface area contributed by atoms with Crippen molar-refractivity contribution in [1.82, 2.24) is 14.7 Å². The molecule has 1 aromatic rings. The van der Waals surface area contributed by atoms with E-state index < -0.39 is 10.0 Å². The van der Waals surface area contributed by atoms with E-state index in [4.69, 9.17) is 11.6 Å². The number of hydrogen-bond acceptors (Lipinski definition) is 3. The zero-order valence-corrected chi connectivity index (χ0v) is 11.4. The van der Waals surface area contributed by atoms with Gasteiger partial charge in [-0.2, -0.15) is 0 Å². The Bertz CT molecular complexity index is 431. The summed E-state index contributed by atoms with van der Waals surface area (Å²) in [5.41, 5.74) is 0. The third kappa shape index (κ3) is 4.65. The maximum Gasteiger partial charge on any atom is 0.257 e. The highest BCUT2D eigenvalue weighted by atomic mass is 35.5. The van der Waals surface area contributed by atoms with Crippen molar-refractivity contribution in [3.05, 3.63) is 12.0 Å². The number of aromatic nitrogens is 2. The first-order valence-corrected chi connectivity index (χ1v) is 7.71. The van der Waals surface area contributed by atoms with E-state index >= 15 is 0 Å². The lowest BCUT2D eigenvalue weighted by atomic mass is 10.2. The first kappa shape index (κ1) is 14.5. The van der Waals surface area contributed by atoms with Crippen molar-refractivity contribution < 1.29 is 8.42 Å². The molecule has 0 aliphatic carbocycles. The van der Waals surface area contributed by atoms with Gasteiger partial charge in [0.05, 0.1) is 6.20 Å². The molecule has 1 rings (SSSR count). The maximum atomic E-state index is 11.8. The zero-order valence-electron chi connectivity index (χ0n) is 9.87. The molecule has 0 aromatic carbocycles. The molecule has 0 unspecified atom stereocenters. The molecule has 0 amide bonds. The normalized spacial score (nSPS) is 11.9. The first-order valence-electron chi connectivity index (χ1n) is 5.69. The summed E-state index contributed by atoms with van der Waals surface area (Å²) < 4.78 is 26.1. The van der Waals surface area contributed by atoms with Crippen molar-refractivity contribution in [2.24, 2.45) is 0 Å². The standard InChI is InChI=1S/C10H18ClN3O2S/c1-2-9-12-8-10(14-9)17(15,16)13-7-5-3-4-6-11/h8,13H,2-7H2,1H3,(H,12,14). The molecule has 0 radical (unpaired) electrons. The fourth-order valence-corrected chi connectivity index (χ4v) is 2.54. The van der Waals surface area contributed by atoms with Gasteiger partial charge in [-0.1, -0.05) is 13.3 Å². The molecule has 1 heterocycles. The second kappa shape index (κ2) is 6.98. The summed E-state index contributed by atoms with van der Waals surface area (Å²) in [5, 5.41) is 0.131. The van der Waals surface area contributed by atoms with Gasteiger partial charge in [-0.3, -0.25) is 0 Å². The van der Waals surface area contributed by atoms with Crippen LogP contribution in [-0.2, 0) is 16.4 Å². The summed E-state index contributed by atoms with van der Waals surface area (Å²) in [5.74, 6) is 1.29. The molecule has 0 saturated heterocycles. The molecule has 1 aromatic heterocycles. The molecule has 0 spiro atoms. The molecule has 98 valence electrons. The van der Waals surface area contributed by atoms with Crippen LogP contribution in [0.15, 0.2) is 11.2 Å². The Labute approximate surface area is 107 Å². The van der Waals surface area contributed by atoms with Crippen LogP contribution in [0.25, 0.3) is 0 Å². The molecule has 7 heteroatoms. The number of unbranched alkanes of at least 4 members (excludes halogenated alkanes) is 2. The third-order valence-corrected chi connectivity index (χ3v) is 3.97. The number of nitrogens with one attached hydrogen (secondary N) is 2. The van der Waals surface area contributed by atoms with Crippen LogP contribution in [0.1, 0.15) is 32.0 Å². The van der Waals surface area contributed by atoms with Crippen molar-refractivity contribution in [2.45, 2.75) is 37.6 Å². The van der Waals surface area contributed by atoms with Crippen LogP contribution in [0.3, 0.4) is 0 Å². The summed E-state index contributed by atoms with van der Waals surface area (Å²) in [6.07, 6.45) is 4.66. The van der Waals surface area contributed by atoms with Crippen LogP contribution in [0.2, 0.25) is 0 Å². The van der Waals surface area contributed by atoms with E-state index in [1.165, 1.54) is 6.20 Å². The number of imidazole rings is 1. The number of hydrogen-bond donors (Lipinski definition) is 2. The lowest BCUT2D eigenvalue weighted by Gasteiger charge is -2.03. The van der Waals surface area contributed by atoms with Crippen molar-refractivity contribution in [3.8, 4) is 0 Å². The Hall–Kier alpha value is -0.590. The van der Waals surface area contributed by atoms with Gasteiger partial charge in [0.15, 0.2) is 5.03 Å². The summed E-state index contributed by atoms with van der Waals surface area (Å²) in [6, 6.07) is 0. The van der Waals surface area contributed by atoms with Crippen molar-refractivity contribution in [2.75, 3.05) is 12.4 Å². The minimum Gasteiger partial charge on any atom is -0.332 e. The Morgan fingerprint density at radius 2 is 2.18 bits per heavy atom. The Morgan fingerprint density at radius 3 is 2.76 bits per heavy atom. The number of nitrogens with zero attached hydrogens (tertiary/aromatic N) is 1. The van der Waals surface area contributed by atoms with E-state index in [9.17, 15) is 8.42 Å². The molecule has 0 bridgehead atoms. The van der Waals surface area contributed by atoms with Gasteiger partial charge in [-0.25, -0.2) is 18.1 Å². The molecule has 5 nitrogen and oxygen atoms in total. The van der Waals surface area contributed by atoms with Gasteiger partial charge in [0.1, 0.15) is 5.82 Å². The van der Waals surface area contributed by atoms with Gasteiger partial charge in [-0.05, 0) is 12.8 Å². The lowest BCUT2D eigenvalue weighted by Crippen LogP contribution is -2.25. The smallest absolute Gasteiger partial charge is 0.257 e. The molecule has 0 atom stereocenters. The SMILES string of the molecule is CCc1ncc(S(=O)(=O)NCCCCCCl)[nH]1. The average molecular weight is 280 g/mol. The largest absolute Gasteiger partial charge is 0.332 e. The van der Waals surface area contributed by atoms with Gasteiger partial charge in [-0.15, -0.1) is 11.6 Å². The van der Waals surface area contributed by atoms with Gasteiger partial charge in [0, 0.05) is 18.8 Å². The quantitative estimate of drug-likeness (QED) is 0.561. The molecule has 0 aliphatic heterocycles. The van der Waals surface area contributed by atoms with Gasteiger partial charge in [0.2, 0.25) is 0 Å². The summed E-state index contributed by atoms with van der Waals surface area (Å²) in [6.45, 7) is 2.34. The second-order valence-electron chi connectivity index (χ2n) is 3.70. The number of rotatable bonds is 8. The molecule has 0 fully saturated rings. The zero-order chi connectivity index (χ0) is 12.7. The van der Waals surface area contributed by atoms with E-state index in [1.807, 2.05) is 6.92 Å². The van der Waals surface area contributed by atoms with Gasteiger partial charge < -0.3 is 4.98 Å². The van der Waals surface area contributed by atoms with E-state index in [0.717, 1.165) is 19.3 Å². The predicted octanol–water partition coefficient (Wildman–Crippen LogP) is 1.66. The number of sulfonamides is 1. The maximum absolute atomic E-state index is 11.8. The van der Waals surface area contributed by atoms with Crippen LogP contribution in [0, 0.1) is 0 Å². The second-order valence-corrected chi connectivity index (χ2v) is 5.81. The van der Waals surface area contributed by atoms with E-state index in [2.05, 4.69) is 14.7 Å². The highest BCUT2D eigenvalue weighted by molar-refractivity contribution is 7.89. The molecular formula is C10H18ClN3O2S. The number of aryl methyl sites for hydroxylation is 1. The fraction of sp³-hybridized carbons (Fsp3) is 0.700. The van der Waals surface area contributed by atoms with E-state index in [0.29, 0.717) is 24.7 Å². The van der Waals surface area contributed by atoms with E-state index in [1.54, 1.807) is 0 Å². The summed E-state index contributed by atoms with van der Waals surface area (Å²) in [4.78, 5) is 6.74. The van der Waals surface area contributed by atoms with Crippen LogP contribution >= 0.6 is 11.6 Å². The molecule has 0 saturated carbocycles. The lowest BCUT2D eigenvalue weighted by molar-refractivity contribution is 0.573. The summed E-state index contributed by atoms with van der Waals surface area (Å²) >= 11 is 5.53. The minimum atomic E-state index is -3.44. The third-order valence-electron chi connectivity index (χ3n) is 2.33. The highest BCUT2D eigenvalue weighted by Gasteiger charge is 2.15. The van der Waals surface area contributed by atoms with Crippen LogP contribution < -0.4 is 4.72 Å². The van der Waals surface area contributed by atoms with E-state index in [-0.39, 0.29) is 5.03 Å². The van der Waals surface area contributed by atoms with Crippen molar-refractivity contribution in [1.29, 1.82) is 0 Å². The van der Waals surface area contributed by atoms with Gasteiger partial charge >= 0.3 is 0 Å². The molecule has 0 aliphatic rings. The van der Waals surface area contributed by atoms with Crippen LogP contribution in [0.5, 0.6) is 0 Å². The topological polar surface area (TPSA) is 74.8 Å². The Morgan fingerprint density at radius 1 is 1.41 bits per heavy atom. The number of aromatic amines is 1. The molecule has 2 N–H and O–H groups in total. The Kier molecular flexibility index (Phi) is 5.94. The first-order chi connectivity index (χ1) is 8.10. The molecule has 17 heavy (non-hydrogen) atoms. The fourth-order valence-electron chi connectivity index (χ4n) is 1.34.